The third kappa shape index (κ3) is 4.86. The van der Waals surface area contributed by atoms with Gasteiger partial charge in [-0.2, -0.15) is 0 Å². The number of aromatic nitrogens is 2. The van der Waals surface area contributed by atoms with E-state index in [-0.39, 0.29) is 5.91 Å². The second kappa shape index (κ2) is 8.92. The summed E-state index contributed by atoms with van der Waals surface area (Å²) in [5, 5.41) is 3.81. The van der Waals surface area contributed by atoms with Crippen molar-refractivity contribution in [3.8, 4) is 5.75 Å². The van der Waals surface area contributed by atoms with Crippen LogP contribution in [-0.2, 0) is 6.61 Å². The van der Waals surface area contributed by atoms with E-state index in [1.165, 1.54) is 0 Å². The molecule has 0 fully saturated rings. The van der Waals surface area contributed by atoms with E-state index in [2.05, 4.69) is 34.0 Å². The van der Waals surface area contributed by atoms with Crippen LogP contribution < -0.4 is 15.0 Å². The fraction of sp³-hybridized carbons (Fsp3) is 0.200. The molecule has 2 aromatic heterocycles. The summed E-state index contributed by atoms with van der Waals surface area (Å²) < 4.78 is 5.89. The number of rotatable bonds is 7. The maximum absolute atomic E-state index is 12.7. The summed E-state index contributed by atoms with van der Waals surface area (Å²) in [7, 11) is 1.99. The highest BCUT2D eigenvalue weighted by Gasteiger charge is 2.12. The van der Waals surface area contributed by atoms with Gasteiger partial charge in [0.2, 0.25) is 0 Å². The van der Waals surface area contributed by atoms with Gasteiger partial charge in [-0.1, -0.05) is 30.3 Å². The van der Waals surface area contributed by atoms with Crippen molar-refractivity contribution in [3.05, 3.63) is 84.2 Å². The molecule has 4 aromatic rings. The van der Waals surface area contributed by atoms with Crippen LogP contribution in [0.3, 0.4) is 0 Å². The molecule has 0 spiro atoms. The SMILES string of the molecule is CC(C)N(C)c1ccc(NC(=O)c2cc3cc(OCc4ccccc4)ccc3[nH]2)cn1. The second-order valence-corrected chi connectivity index (χ2v) is 7.77. The number of benzene rings is 2. The lowest BCUT2D eigenvalue weighted by Gasteiger charge is -2.22. The highest BCUT2D eigenvalue weighted by atomic mass is 16.5. The Morgan fingerprint density at radius 1 is 1.10 bits per heavy atom. The van der Waals surface area contributed by atoms with E-state index in [0.29, 0.717) is 24.0 Å². The number of pyridine rings is 1. The fourth-order valence-electron chi connectivity index (χ4n) is 3.20. The number of H-pyrrole nitrogens is 1. The number of carbonyl (C=O) groups is 1. The van der Waals surface area contributed by atoms with Crippen molar-refractivity contribution in [2.24, 2.45) is 0 Å². The highest BCUT2D eigenvalue weighted by molar-refractivity contribution is 6.06. The molecule has 0 saturated heterocycles. The van der Waals surface area contributed by atoms with Gasteiger partial charge in [-0.3, -0.25) is 4.79 Å². The van der Waals surface area contributed by atoms with E-state index in [1.54, 1.807) is 6.20 Å². The van der Waals surface area contributed by atoms with Crippen LogP contribution in [0.1, 0.15) is 29.9 Å². The molecule has 4 rings (SSSR count). The Bertz CT molecular complexity index is 1170. The van der Waals surface area contributed by atoms with E-state index >= 15 is 0 Å². The van der Waals surface area contributed by atoms with Crippen LogP contribution in [0.15, 0.2) is 72.9 Å². The number of anilines is 2. The lowest BCUT2D eigenvalue weighted by atomic mass is 10.2. The average Bonchev–Trinajstić information content (AvgIpc) is 3.22. The number of carbonyl (C=O) groups excluding carboxylic acids is 1. The number of hydrogen-bond acceptors (Lipinski definition) is 4. The molecule has 0 saturated carbocycles. The van der Waals surface area contributed by atoms with E-state index < -0.39 is 0 Å². The number of fused-ring (bicyclic) bond motifs is 1. The zero-order valence-electron chi connectivity index (χ0n) is 17.9. The van der Waals surface area contributed by atoms with E-state index in [1.807, 2.05) is 73.8 Å². The minimum absolute atomic E-state index is 0.213. The average molecular weight is 415 g/mol. The molecule has 0 radical (unpaired) electrons. The molecule has 0 bridgehead atoms. The summed E-state index contributed by atoms with van der Waals surface area (Å²) in [4.78, 5) is 22.4. The molecule has 0 aliphatic rings. The van der Waals surface area contributed by atoms with Gasteiger partial charge in [-0.05, 0) is 55.8 Å². The summed E-state index contributed by atoms with van der Waals surface area (Å²) in [6.45, 7) is 4.70. The first-order valence-corrected chi connectivity index (χ1v) is 10.3. The Kier molecular flexibility index (Phi) is 5.89. The van der Waals surface area contributed by atoms with E-state index in [0.717, 1.165) is 28.0 Å². The molecule has 158 valence electrons. The second-order valence-electron chi connectivity index (χ2n) is 7.77. The van der Waals surface area contributed by atoms with Crippen molar-refractivity contribution >= 4 is 28.3 Å². The molecule has 2 heterocycles. The summed E-state index contributed by atoms with van der Waals surface area (Å²) >= 11 is 0. The van der Waals surface area contributed by atoms with Crippen molar-refractivity contribution < 1.29 is 9.53 Å². The predicted molar refractivity (Wildman–Crippen MR) is 125 cm³/mol. The van der Waals surface area contributed by atoms with Gasteiger partial charge >= 0.3 is 0 Å². The van der Waals surface area contributed by atoms with Crippen LogP contribution in [0.2, 0.25) is 0 Å². The largest absolute Gasteiger partial charge is 0.489 e. The number of ether oxygens (including phenoxy) is 1. The van der Waals surface area contributed by atoms with E-state index in [4.69, 9.17) is 4.74 Å². The molecule has 0 atom stereocenters. The van der Waals surface area contributed by atoms with Gasteiger partial charge in [0, 0.05) is 24.0 Å². The maximum atomic E-state index is 12.7. The van der Waals surface area contributed by atoms with Crippen molar-refractivity contribution in [3.63, 3.8) is 0 Å². The third-order valence-electron chi connectivity index (χ3n) is 5.23. The summed E-state index contributed by atoms with van der Waals surface area (Å²) in [6, 6.07) is 21.7. The van der Waals surface area contributed by atoms with Gasteiger partial charge in [0.05, 0.1) is 11.9 Å². The summed E-state index contributed by atoms with van der Waals surface area (Å²) in [5.74, 6) is 1.41. The van der Waals surface area contributed by atoms with Gasteiger partial charge in [0.1, 0.15) is 23.9 Å². The molecule has 1 amide bonds. The molecule has 6 heteroatoms. The smallest absolute Gasteiger partial charge is 0.272 e. The monoisotopic (exact) mass is 414 g/mol. The molecular formula is C25H26N4O2. The Balaban J connectivity index is 1.43. The molecule has 0 aliphatic carbocycles. The van der Waals surface area contributed by atoms with Crippen LogP contribution in [0, 0.1) is 0 Å². The molecule has 0 unspecified atom stereocenters. The first-order valence-electron chi connectivity index (χ1n) is 10.3. The Labute approximate surface area is 181 Å². The third-order valence-corrected chi connectivity index (χ3v) is 5.23. The summed E-state index contributed by atoms with van der Waals surface area (Å²) in [5.41, 5.74) is 3.12. The lowest BCUT2D eigenvalue weighted by Crippen LogP contribution is -2.26. The molecular weight excluding hydrogens is 388 g/mol. The van der Waals surface area contributed by atoms with Crippen molar-refractivity contribution in [2.45, 2.75) is 26.5 Å². The van der Waals surface area contributed by atoms with Crippen molar-refractivity contribution in [2.75, 3.05) is 17.3 Å². The Morgan fingerprint density at radius 3 is 2.61 bits per heavy atom. The van der Waals surface area contributed by atoms with Crippen LogP contribution in [0.5, 0.6) is 5.75 Å². The molecule has 31 heavy (non-hydrogen) atoms. The van der Waals surface area contributed by atoms with Gasteiger partial charge in [-0.25, -0.2) is 4.98 Å². The molecule has 6 nitrogen and oxygen atoms in total. The molecule has 0 aliphatic heterocycles. The van der Waals surface area contributed by atoms with Crippen molar-refractivity contribution in [1.82, 2.24) is 9.97 Å². The Morgan fingerprint density at radius 2 is 1.90 bits per heavy atom. The number of amides is 1. The lowest BCUT2D eigenvalue weighted by molar-refractivity contribution is 0.102. The van der Waals surface area contributed by atoms with E-state index in [9.17, 15) is 4.79 Å². The molecule has 2 aromatic carbocycles. The first kappa shape index (κ1) is 20.5. The summed E-state index contributed by atoms with van der Waals surface area (Å²) in [6.07, 6.45) is 1.67. The van der Waals surface area contributed by atoms with Gasteiger partial charge in [0.15, 0.2) is 0 Å². The molecule has 2 N–H and O–H groups in total. The fourth-order valence-corrected chi connectivity index (χ4v) is 3.20. The van der Waals surface area contributed by atoms with Crippen LogP contribution in [0.25, 0.3) is 10.9 Å². The van der Waals surface area contributed by atoms with Gasteiger partial charge in [0.25, 0.3) is 5.91 Å². The normalized spacial score (nSPS) is 11.0. The highest BCUT2D eigenvalue weighted by Crippen LogP contribution is 2.23. The van der Waals surface area contributed by atoms with Crippen LogP contribution in [0.4, 0.5) is 11.5 Å². The minimum Gasteiger partial charge on any atom is -0.489 e. The van der Waals surface area contributed by atoms with Crippen molar-refractivity contribution in [1.29, 1.82) is 0 Å². The van der Waals surface area contributed by atoms with Crippen LogP contribution in [-0.4, -0.2) is 29.0 Å². The zero-order chi connectivity index (χ0) is 21.8. The Hall–Kier alpha value is -3.80. The number of nitrogens with zero attached hydrogens (tertiary/aromatic N) is 2. The van der Waals surface area contributed by atoms with Gasteiger partial charge < -0.3 is 19.9 Å². The number of aromatic amines is 1. The maximum Gasteiger partial charge on any atom is 0.272 e. The standard InChI is InChI=1S/C25H26N4O2/c1-17(2)29(3)24-12-9-20(15-26-24)27-25(30)23-14-19-13-21(10-11-22(19)28-23)31-16-18-7-5-4-6-8-18/h4-15,17,28H,16H2,1-3H3,(H,27,30). The topological polar surface area (TPSA) is 70.2 Å². The first-order chi connectivity index (χ1) is 15.0. The zero-order valence-corrected chi connectivity index (χ0v) is 17.9. The predicted octanol–water partition coefficient (Wildman–Crippen LogP) is 5.24. The number of nitrogens with one attached hydrogen (secondary N) is 2. The quantitative estimate of drug-likeness (QED) is 0.434. The van der Waals surface area contributed by atoms with Crippen LogP contribution >= 0.6 is 0 Å². The van der Waals surface area contributed by atoms with Gasteiger partial charge in [-0.15, -0.1) is 0 Å². The number of hydrogen-bond donors (Lipinski definition) is 2. The minimum atomic E-state index is -0.213.